The van der Waals surface area contributed by atoms with Gasteiger partial charge < -0.3 is 9.47 Å². The summed E-state index contributed by atoms with van der Waals surface area (Å²) in [6, 6.07) is 8.96. The topological polar surface area (TPSA) is 59.3 Å². The molecule has 0 aliphatic heterocycles. The molecule has 0 unspecified atom stereocenters. The van der Waals surface area contributed by atoms with Crippen LogP contribution in [0.15, 0.2) is 29.8 Å². The zero-order chi connectivity index (χ0) is 12.8. The Kier molecular flexibility index (Phi) is 4.29. The van der Waals surface area contributed by atoms with Crippen LogP contribution in [0.2, 0.25) is 0 Å². The van der Waals surface area contributed by atoms with Crippen molar-refractivity contribution >= 4 is 11.5 Å². The zero-order valence-corrected chi connectivity index (χ0v) is 9.98. The molecule has 4 heteroatoms. The Labute approximate surface area is 100 Å². The molecule has 0 bridgehead atoms. The molecule has 17 heavy (non-hydrogen) atoms. The molecule has 0 amide bonds. The van der Waals surface area contributed by atoms with E-state index < -0.39 is 5.97 Å². The van der Waals surface area contributed by atoms with Gasteiger partial charge in [0.1, 0.15) is 17.4 Å². The largest absolute Gasteiger partial charge is 0.497 e. The van der Waals surface area contributed by atoms with Crippen LogP contribution in [-0.2, 0) is 9.53 Å². The van der Waals surface area contributed by atoms with E-state index in [2.05, 4.69) is 4.74 Å². The number of methoxy groups -OCH3 is 2. The first-order valence-electron chi connectivity index (χ1n) is 4.97. The van der Waals surface area contributed by atoms with E-state index in [1.54, 1.807) is 38.3 Å². The quantitative estimate of drug-likeness (QED) is 0.454. The molecule has 0 N–H and O–H groups in total. The van der Waals surface area contributed by atoms with Gasteiger partial charge in [-0.15, -0.1) is 0 Å². The predicted molar refractivity (Wildman–Crippen MR) is 63.2 cm³/mol. The fourth-order valence-electron chi connectivity index (χ4n) is 1.37. The fraction of sp³-hybridized carbons (Fsp3) is 0.231. The van der Waals surface area contributed by atoms with Gasteiger partial charge in [0.25, 0.3) is 0 Å². The number of hydrogen-bond donors (Lipinski definition) is 0. The maximum atomic E-state index is 11.4. The molecular weight excluding hydrogens is 218 g/mol. The van der Waals surface area contributed by atoms with Crippen LogP contribution < -0.4 is 4.74 Å². The molecule has 4 nitrogen and oxygen atoms in total. The van der Waals surface area contributed by atoms with Crippen LogP contribution in [-0.4, -0.2) is 20.2 Å². The SMILES string of the molecule is COC(=O)/C(C#N)=C(/C)c1ccc(OC)cc1. The van der Waals surface area contributed by atoms with Gasteiger partial charge >= 0.3 is 5.97 Å². The lowest BCUT2D eigenvalue weighted by molar-refractivity contribution is -0.135. The molecule has 0 aliphatic rings. The average Bonchev–Trinajstić information content (AvgIpc) is 2.39. The first-order chi connectivity index (χ1) is 8.13. The van der Waals surface area contributed by atoms with Gasteiger partial charge in [0, 0.05) is 0 Å². The standard InChI is InChI=1S/C13H13NO3/c1-9(12(8-14)13(15)17-3)10-4-6-11(16-2)7-5-10/h4-7H,1-3H3/b12-9-. The minimum absolute atomic E-state index is 0.0117. The van der Waals surface area contributed by atoms with E-state index in [-0.39, 0.29) is 5.57 Å². The number of allylic oxidation sites excluding steroid dienone is 1. The van der Waals surface area contributed by atoms with Crippen LogP contribution in [0.1, 0.15) is 12.5 Å². The molecule has 0 heterocycles. The summed E-state index contributed by atoms with van der Waals surface area (Å²) < 4.78 is 9.58. The second-order valence-corrected chi connectivity index (χ2v) is 3.33. The number of esters is 1. The van der Waals surface area contributed by atoms with Crippen LogP contribution in [0.3, 0.4) is 0 Å². The third kappa shape index (κ3) is 2.85. The fourth-order valence-corrected chi connectivity index (χ4v) is 1.37. The van der Waals surface area contributed by atoms with Crippen LogP contribution >= 0.6 is 0 Å². The molecule has 0 atom stereocenters. The predicted octanol–water partition coefficient (Wildman–Crippen LogP) is 2.17. The van der Waals surface area contributed by atoms with Crippen molar-refractivity contribution in [3.8, 4) is 11.8 Å². The Hall–Kier alpha value is -2.28. The molecule has 0 aromatic heterocycles. The van der Waals surface area contributed by atoms with Crippen molar-refractivity contribution in [3.05, 3.63) is 35.4 Å². The number of nitriles is 1. The van der Waals surface area contributed by atoms with Gasteiger partial charge in [-0.05, 0) is 30.2 Å². The molecule has 88 valence electrons. The van der Waals surface area contributed by atoms with Gasteiger partial charge in [-0.25, -0.2) is 4.79 Å². The summed E-state index contributed by atoms with van der Waals surface area (Å²) in [5, 5.41) is 8.93. The molecule has 0 aliphatic carbocycles. The number of carbonyl (C=O) groups excluding carboxylic acids is 1. The van der Waals surface area contributed by atoms with E-state index in [1.807, 2.05) is 6.07 Å². The van der Waals surface area contributed by atoms with E-state index in [1.165, 1.54) is 7.11 Å². The van der Waals surface area contributed by atoms with Crippen LogP contribution in [0.4, 0.5) is 0 Å². The third-order valence-corrected chi connectivity index (χ3v) is 2.40. The van der Waals surface area contributed by atoms with Crippen molar-refractivity contribution < 1.29 is 14.3 Å². The maximum Gasteiger partial charge on any atom is 0.348 e. The number of ether oxygens (including phenoxy) is 2. The number of rotatable bonds is 3. The molecule has 1 rings (SSSR count). The summed E-state index contributed by atoms with van der Waals surface area (Å²) >= 11 is 0. The highest BCUT2D eigenvalue weighted by Crippen LogP contribution is 2.21. The third-order valence-electron chi connectivity index (χ3n) is 2.40. The highest BCUT2D eigenvalue weighted by atomic mass is 16.5. The first kappa shape index (κ1) is 12.8. The van der Waals surface area contributed by atoms with Crippen LogP contribution in [0, 0.1) is 11.3 Å². The van der Waals surface area contributed by atoms with Crippen LogP contribution in [0.5, 0.6) is 5.75 Å². The van der Waals surface area contributed by atoms with Crippen molar-refractivity contribution in [2.24, 2.45) is 0 Å². The summed E-state index contributed by atoms with van der Waals surface area (Å²) in [6.45, 7) is 1.71. The lowest BCUT2D eigenvalue weighted by atomic mass is 10.0. The lowest BCUT2D eigenvalue weighted by Crippen LogP contribution is -2.05. The Bertz CT molecular complexity index is 480. The van der Waals surface area contributed by atoms with Crippen molar-refractivity contribution in [2.45, 2.75) is 6.92 Å². The summed E-state index contributed by atoms with van der Waals surface area (Å²) in [5.74, 6) is 0.0962. The Morgan fingerprint density at radius 2 is 1.82 bits per heavy atom. The monoisotopic (exact) mass is 231 g/mol. The summed E-state index contributed by atoms with van der Waals surface area (Å²) in [4.78, 5) is 11.4. The van der Waals surface area contributed by atoms with Crippen molar-refractivity contribution in [1.82, 2.24) is 0 Å². The number of hydrogen-bond acceptors (Lipinski definition) is 4. The van der Waals surface area contributed by atoms with Gasteiger partial charge in [-0.2, -0.15) is 5.26 Å². The first-order valence-corrected chi connectivity index (χ1v) is 4.97. The Balaban J connectivity index is 3.17. The van der Waals surface area contributed by atoms with Crippen LogP contribution in [0.25, 0.3) is 5.57 Å². The highest BCUT2D eigenvalue weighted by Gasteiger charge is 2.13. The highest BCUT2D eigenvalue weighted by molar-refractivity contribution is 6.01. The van der Waals surface area contributed by atoms with E-state index in [0.717, 1.165) is 11.3 Å². The molecule has 0 saturated carbocycles. The zero-order valence-electron chi connectivity index (χ0n) is 9.98. The van der Waals surface area contributed by atoms with Gasteiger partial charge in [0.05, 0.1) is 14.2 Å². The van der Waals surface area contributed by atoms with Gasteiger partial charge in [0.2, 0.25) is 0 Å². The van der Waals surface area contributed by atoms with Gasteiger partial charge in [0.15, 0.2) is 0 Å². The summed E-state index contributed by atoms with van der Waals surface area (Å²) in [5.41, 5.74) is 1.38. The molecule has 1 aromatic rings. The second kappa shape index (κ2) is 5.71. The Morgan fingerprint density at radius 1 is 1.24 bits per heavy atom. The maximum absolute atomic E-state index is 11.4. The van der Waals surface area contributed by atoms with E-state index in [0.29, 0.717) is 5.57 Å². The molecule has 1 aromatic carbocycles. The van der Waals surface area contributed by atoms with Gasteiger partial charge in [-0.1, -0.05) is 12.1 Å². The minimum Gasteiger partial charge on any atom is -0.497 e. The van der Waals surface area contributed by atoms with Gasteiger partial charge in [-0.3, -0.25) is 0 Å². The second-order valence-electron chi connectivity index (χ2n) is 3.33. The van der Waals surface area contributed by atoms with E-state index in [9.17, 15) is 4.79 Å². The minimum atomic E-state index is -0.624. The van der Waals surface area contributed by atoms with Crippen molar-refractivity contribution in [2.75, 3.05) is 14.2 Å². The molecule has 0 spiro atoms. The molecule has 0 saturated heterocycles. The van der Waals surface area contributed by atoms with E-state index >= 15 is 0 Å². The van der Waals surface area contributed by atoms with E-state index in [4.69, 9.17) is 10.00 Å². The normalized spacial score (nSPS) is 11.2. The molecular formula is C13H13NO3. The Morgan fingerprint density at radius 3 is 2.24 bits per heavy atom. The average molecular weight is 231 g/mol. The summed E-state index contributed by atoms with van der Waals surface area (Å²) in [7, 11) is 2.83. The number of nitrogens with zero attached hydrogens (tertiary/aromatic N) is 1. The molecule has 0 radical (unpaired) electrons. The molecule has 0 fully saturated rings. The number of benzene rings is 1. The lowest BCUT2D eigenvalue weighted by Gasteiger charge is -2.05. The summed E-state index contributed by atoms with van der Waals surface area (Å²) in [6.07, 6.45) is 0. The van der Waals surface area contributed by atoms with Crippen molar-refractivity contribution in [1.29, 1.82) is 5.26 Å². The van der Waals surface area contributed by atoms with Crippen molar-refractivity contribution in [3.63, 3.8) is 0 Å². The smallest absolute Gasteiger partial charge is 0.348 e. The number of carbonyl (C=O) groups is 1.